The summed E-state index contributed by atoms with van der Waals surface area (Å²) in [7, 11) is 0. The lowest BCUT2D eigenvalue weighted by atomic mass is 9.86. The Labute approximate surface area is 622 Å². The summed E-state index contributed by atoms with van der Waals surface area (Å²) in [5, 5.41) is 4.98. The average molecular weight is 1460 g/mol. The molecule has 0 amide bonds. The van der Waals surface area contributed by atoms with Crippen molar-refractivity contribution in [3.8, 4) is 89.2 Å². The molecule has 0 atom stereocenters. The Morgan fingerprint density at radius 1 is 0.224 bits per heavy atom. The third kappa shape index (κ3) is 16.4. The zero-order valence-electron chi connectivity index (χ0n) is 56.9. The Balaban J connectivity index is 0.842. The molecule has 0 saturated heterocycles. The van der Waals surface area contributed by atoms with E-state index in [4.69, 9.17) is 0 Å². The Hall–Kier alpha value is -6.12. The van der Waals surface area contributed by atoms with E-state index in [2.05, 4.69) is 234 Å². The molecule has 10 heteroatoms. The zero-order chi connectivity index (χ0) is 66.6. The average Bonchev–Trinajstić information content (AvgIpc) is 1.24. The topological polar surface area (TPSA) is 0 Å². The van der Waals surface area contributed by atoms with Gasteiger partial charge in [0.05, 0.1) is 9.75 Å². The van der Waals surface area contributed by atoms with Gasteiger partial charge in [0.2, 0.25) is 0 Å². The second-order valence-corrected chi connectivity index (χ2v) is 37.0. The van der Waals surface area contributed by atoms with E-state index >= 15 is 0 Å². The van der Waals surface area contributed by atoms with Crippen LogP contribution in [0.4, 0.5) is 0 Å². The first-order chi connectivity index (χ1) is 48.4. The molecule has 98 heavy (non-hydrogen) atoms. The lowest BCUT2D eigenvalue weighted by molar-refractivity contribution is 0.670. The van der Waals surface area contributed by atoms with Gasteiger partial charge in [-0.2, -0.15) is 0 Å². The number of hydrogen-bond donors (Lipinski definition) is 0. The predicted octanol–water partition coefficient (Wildman–Crippen LogP) is 32.4. The summed E-state index contributed by atoms with van der Waals surface area (Å²) in [4.78, 5) is 27.6. The van der Waals surface area contributed by atoms with Crippen LogP contribution in [-0.2, 0) is 25.7 Å². The standard InChI is InChI=1S/C88H86S10/c1-5-9-13-17-27-65-41-45-71(89-65)75-49-51-79(93-75)83-57-63(87(97-83)81-55-53-77(95-81)73-47-43-67(91-73)29-19-15-11-7-3)39-37-61-35-33-59-25-21-23-31-69(59)85(61)86-62(36-34-60-26-22-24-32-70(60)86)38-40-64-58-84(80-52-50-76(94-80)72-46-42-66(90-72)28-18-14-10-6-2)98-88(64)82-56-54-78(96-82)74-48-44-68(92-74)30-20-16-12-8-4/h21-26,31-58H,5-20,27-30H2,1-4H3/b39-37+,40-38+. The maximum Gasteiger partial charge on any atom is 0.0522 e. The van der Waals surface area contributed by atoms with E-state index < -0.39 is 0 Å². The molecule has 0 radical (unpaired) electrons. The van der Waals surface area contributed by atoms with E-state index in [1.165, 1.54) is 281 Å². The minimum atomic E-state index is 1.17. The number of aryl methyl sites for hydroxylation is 4. The molecule has 4 aromatic carbocycles. The molecule has 0 aliphatic rings. The highest BCUT2D eigenvalue weighted by molar-refractivity contribution is 7.31. The zero-order valence-corrected chi connectivity index (χ0v) is 65.0. The summed E-state index contributed by atoms with van der Waals surface area (Å²) in [5.41, 5.74) is 7.45. The van der Waals surface area contributed by atoms with Crippen LogP contribution in [0.1, 0.15) is 172 Å². The van der Waals surface area contributed by atoms with E-state index in [9.17, 15) is 0 Å². The van der Waals surface area contributed by atoms with Gasteiger partial charge in [0.25, 0.3) is 0 Å². The molecule has 14 rings (SSSR count). The maximum atomic E-state index is 2.48. The van der Waals surface area contributed by atoms with E-state index in [0.717, 1.165) is 0 Å². The summed E-state index contributed by atoms with van der Waals surface area (Å²) in [6.45, 7) is 9.20. The summed E-state index contributed by atoms with van der Waals surface area (Å²) < 4.78 is 0. The fourth-order valence-corrected chi connectivity index (χ4v) is 24.6. The molecule has 0 fully saturated rings. The summed E-state index contributed by atoms with van der Waals surface area (Å²) in [5.74, 6) is 0. The molecule has 0 nitrogen and oxygen atoms in total. The predicted molar refractivity (Wildman–Crippen MR) is 451 cm³/mol. The Morgan fingerprint density at radius 2 is 0.500 bits per heavy atom. The molecule has 498 valence electrons. The minimum absolute atomic E-state index is 1.17. The first-order valence-corrected chi connectivity index (χ1v) is 44.0. The third-order valence-electron chi connectivity index (χ3n) is 18.7. The van der Waals surface area contributed by atoms with Gasteiger partial charge in [-0.05, 0) is 215 Å². The van der Waals surface area contributed by atoms with Crippen LogP contribution in [0.3, 0.4) is 0 Å². The van der Waals surface area contributed by atoms with Crippen molar-refractivity contribution in [2.75, 3.05) is 0 Å². The molecule has 0 N–H and O–H groups in total. The third-order valence-corrected chi connectivity index (χ3v) is 31.4. The minimum Gasteiger partial charge on any atom is -0.139 e. The smallest absolute Gasteiger partial charge is 0.0522 e. The van der Waals surface area contributed by atoms with Crippen molar-refractivity contribution in [1.82, 2.24) is 0 Å². The van der Waals surface area contributed by atoms with Crippen molar-refractivity contribution >= 4 is 159 Å². The van der Waals surface area contributed by atoms with Crippen LogP contribution in [0, 0.1) is 0 Å². The van der Waals surface area contributed by atoms with Gasteiger partial charge in [-0.3, -0.25) is 0 Å². The van der Waals surface area contributed by atoms with Gasteiger partial charge in [0.15, 0.2) is 0 Å². The number of rotatable bonds is 33. The fraction of sp³-hybridized carbons (Fsp3) is 0.273. The van der Waals surface area contributed by atoms with Crippen LogP contribution >= 0.6 is 113 Å². The molecule has 0 aliphatic heterocycles. The first kappa shape index (κ1) is 69.0. The highest BCUT2D eigenvalue weighted by atomic mass is 32.1. The van der Waals surface area contributed by atoms with Crippen molar-refractivity contribution in [1.29, 1.82) is 0 Å². The quantitative estimate of drug-likeness (QED) is 0.0360. The molecule has 0 bridgehead atoms. The molecular weight excluding hydrogens is 1380 g/mol. The molecule has 0 aliphatic carbocycles. The van der Waals surface area contributed by atoms with Gasteiger partial charge in [-0.15, -0.1) is 113 Å². The van der Waals surface area contributed by atoms with E-state index in [1.807, 2.05) is 113 Å². The van der Waals surface area contributed by atoms with Crippen LogP contribution in [-0.4, -0.2) is 0 Å². The fourth-order valence-electron chi connectivity index (χ4n) is 13.3. The number of benzene rings is 4. The van der Waals surface area contributed by atoms with Crippen LogP contribution < -0.4 is 0 Å². The number of thiophene rings is 10. The van der Waals surface area contributed by atoms with Gasteiger partial charge in [-0.1, -0.05) is 202 Å². The molecule has 0 unspecified atom stereocenters. The first-order valence-electron chi connectivity index (χ1n) is 35.8. The maximum absolute atomic E-state index is 2.48. The molecule has 0 saturated carbocycles. The molecule has 0 spiro atoms. The van der Waals surface area contributed by atoms with Crippen molar-refractivity contribution in [3.63, 3.8) is 0 Å². The Morgan fingerprint density at radius 3 is 0.837 bits per heavy atom. The van der Waals surface area contributed by atoms with Crippen molar-refractivity contribution in [2.24, 2.45) is 0 Å². The summed E-state index contributed by atoms with van der Waals surface area (Å²) in [6.07, 6.45) is 35.1. The van der Waals surface area contributed by atoms with E-state index in [1.54, 1.807) is 0 Å². The summed E-state index contributed by atoms with van der Waals surface area (Å²) >= 11 is 19.6. The number of hydrogen-bond acceptors (Lipinski definition) is 10. The van der Waals surface area contributed by atoms with Gasteiger partial charge in [-0.25, -0.2) is 0 Å². The molecule has 14 aromatic rings. The normalized spacial score (nSPS) is 12.0. The second kappa shape index (κ2) is 33.6. The molecular formula is C88H86S10. The van der Waals surface area contributed by atoms with Crippen LogP contribution in [0.5, 0.6) is 0 Å². The highest BCUT2D eigenvalue weighted by Gasteiger charge is 2.22. The largest absolute Gasteiger partial charge is 0.139 e. The number of fused-ring (bicyclic) bond motifs is 2. The van der Waals surface area contributed by atoms with Crippen molar-refractivity contribution in [2.45, 2.75) is 156 Å². The highest BCUT2D eigenvalue weighted by Crippen LogP contribution is 2.51. The van der Waals surface area contributed by atoms with Gasteiger partial charge >= 0.3 is 0 Å². The van der Waals surface area contributed by atoms with E-state index in [-0.39, 0.29) is 0 Å². The molecule has 10 heterocycles. The van der Waals surface area contributed by atoms with Crippen LogP contribution in [0.2, 0.25) is 0 Å². The van der Waals surface area contributed by atoms with Crippen LogP contribution in [0.25, 0.3) is 135 Å². The Bertz CT molecular complexity index is 4660. The van der Waals surface area contributed by atoms with Gasteiger partial charge in [0.1, 0.15) is 0 Å². The second-order valence-electron chi connectivity index (χ2n) is 25.9. The molecule has 10 aromatic heterocycles. The van der Waals surface area contributed by atoms with Crippen molar-refractivity contribution in [3.05, 3.63) is 224 Å². The number of unbranched alkanes of at least 4 members (excludes halogenated alkanes) is 12. The lowest BCUT2D eigenvalue weighted by Crippen LogP contribution is -1.92. The van der Waals surface area contributed by atoms with Crippen molar-refractivity contribution < 1.29 is 0 Å². The van der Waals surface area contributed by atoms with Gasteiger partial charge in [0, 0.05) is 87.8 Å². The summed E-state index contributed by atoms with van der Waals surface area (Å²) in [6, 6.07) is 70.4. The van der Waals surface area contributed by atoms with Gasteiger partial charge < -0.3 is 0 Å². The SMILES string of the molecule is CCCCCCc1ccc(-c2ccc(-c3cc(/C=C/c4ccc5ccccc5c4-c4c(/C=C/c5cc(-c6ccc(-c7ccc(CCCCCC)s7)s6)sc5-c5ccc(-c6ccc(CCCCCC)s6)s5)ccc5ccccc45)c(-c4ccc(-c5ccc(CCCCCC)s5)s4)s3)s2)s1. The van der Waals surface area contributed by atoms with Crippen LogP contribution in [0.15, 0.2) is 182 Å². The monoisotopic (exact) mass is 1460 g/mol. The van der Waals surface area contributed by atoms with E-state index in [0.29, 0.717) is 0 Å². The lowest BCUT2D eigenvalue weighted by Gasteiger charge is -2.17. The Kier molecular flexibility index (Phi) is 23.6.